The van der Waals surface area contributed by atoms with Crippen LogP contribution in [0.5, 0.6) is 11.5 Å². The minimum absolute atomic E-state index is 0.0140. The Bertz CT molecular complexity index is 529. The first-order chi connectivity index (χ1) is 10.4. The molecule has 0 saturated heterocycles. The van der Waals surface area contributed by atoms with E-state index in [1.165, 1.54) is 0 Å². The molecule has 0 unspecified atom stereocenters. The molecular weight excluding hydrogens is 280 g/mol. The van der Waals surface area contributed by atoms with Crippen LogP contribution in [0.15, 0.2) is 18.2 Å². The third-order valence-corrected chi connectivity index (χ3v) is 3.87. The predicted octanol–water partition coefficient (Wildman–Crippen LogP) is 2.18. The van der Waals surface area contributed by atoms with E-state index in [2.05, 4.69) is 0 Å². The molecule has 0 fully saturated rings. The van der Waals surface area contributed by atoms with Crippen molar-refractivity contribution in [2.75, 3.05) is 13.2 Å². The molecule has 1 heterocycles. The normalized spacial score (nSPS) is 15.0. The van der Waals surface area contributed by atoms with Gasteiger partial charge in [0.15, 0.2) is 11.5 Å². The van der Waals surface area contributed by atoms with E-state index in [9.17, 15) is 4.79 Å². The van der Waals surface area contributed by atoms with Gasteiger partial charge in [0.2, 0.25) is 5.91 Å². The maximum Gasteiger partial charge on any atom is 0.240 e. The van der Waals surface area contributed by atoms with Crippen LogP contribution in [0.2, 0.25) is 0 Å². The summed E-state index contributed by atoms with van der Waals surface area (Å²) < 4.78 is 11.1. The van der Waals surface area contributed by atoms with Crippen molar-refractivity contribution in [3.05, 3.63) is 23.8 Å². The van der Waals surface area contributed by atoms with Gasteiger partial charge in [-0.3, -0.25) is 4.79 Å². The fourth-order valence-corrected chi connectivity index (χ4v) is 2.37. The fraction of sp³-hybridized carbons (Fsp3) is 0.588. The van der Waals surface area contributed by atoms with E-state index < -0.39 is 6.04 Å². The molecule has 1 aromatic rings. The molecule has 2 N–H and O–H groups in total. The fourth-order valence-electron chi connectivity index (χ4n) is 2.37. The monoisotopic (exact) mass is 306 g/mol. The van der Waals surface area contributed by atoms with E-state index in [1.807, 2.05) is 50.8 Å². The van der Waals surface area contributed by atoms with Crippen molar-refractivity contribution in [1.82, 2.24) is 4.90 Å². The molecule has 0 saturated carbocycles. The number of hydrogen-bond donors (Lipinski definition) is 1. The highest BCUT2D eigenvalue weighted by Gasteiger charge is 2.26. The number of benzene rings is 1. The third-order valence-electron chi connectivity index (χ3n) is 3.87. The van der Waals surface area contributed by atoms with E-state index in [4.69, 9.17) is 15.2 Å². The summed E-state index contributed by atoms with van der Waals surface area (Å²) in [6.45, 7) is 9.59. The first-order valence-corrected chi connectivity index (χ1v) is 7.84. The van der Waals surface area contributed by atoms with Gasteiger partial charge in [-0.25, -0.2) is 0 Å². The summed E-state index contributed by atoms with van der Waals surface area (Å²) in [6.07, 6.45) is 0. The van der Waals surface area contributed by atoms with E-state index >= 15 is 0 Å². The van der Waals surface area contributed by atoms with Crippen LogP contribution in [-0.2, 0) is 11.3 Å². The quantitative estimate of drug-likeness (QED) is 0.905. The highest BCUT2D eigenvalue weighted by molar-refractivity contribution is 5.82. The number of amides is 1. The number of fused-ring (bicyclic) bond motifs is 1. The summed E-state index contributed by atoms with van der Waals surface area (Å²) in [5.41, 5.74) is 7.04. The lowest BCUT2D eigenvalue weighted by Gasteiger charge is -2.31. The van der Waals surface area contributed by atoms with Crippen LogP contribution in [0.4, 0.5) is 0 Å². The molecule has 0 aromatic heterocycles. The highest BCUT2D eigenvalue weighted by atomic mass is 16.6. The lowest BCUT2D eigenvalue weighted by Crippen LogP contribution is -2.48. The Hall–Kier alpha value is -1.75. The summed E-state index contributed by atoms with van der Waals surface area (Å²) >= 11 is 0. The van der Waals surface area contributed by atoms with Crippen LogP contribution >= 0.6 is 0 Å². The molecule has 22 heavy (non-hydrogen) atoms. The number of rotatable bonds is 5. The maximum atomic E-state index is 12.6. The minimum atomic E-state index is -0.473. The van der Waals surface area contributed by atoms with Crippen LogP contribution in [0.3, 0.4) is 0 Å². The van der Waals surface area contributed by atoms with Crippen molar-refractivity contribution in [3.63, 3.8) is 0 Å². The van der Waals surface area contributed by atoms with Gasteiger partial charge in [0.05, 0.1) is 6.04 Å². The van der Waals surface area contributed by atoms with E-state index in [-0.39, 0.29) is 17.9 Å². The molecule has 1 aliphatic rings. The Morgan fingerprint density at radius 1 is 1.18 bits per heavy atom. The van der Waals surface area contributed by atoms with Gasteiger partial charge < -0.3 is 20.1 Å². The zero-order chi connectivity index (χ0) is 16.3. The topological polar surface area (TPSA) is 64.8 Å². The van der Waals surface area contributed by atoms with Gasteiger partial charge in [0, 0.05) is 12.6 Å². The predicted molar refractivity (Wildman–Crippen MR) is 85.9 cm³/mol. The SMILES string of the molecule is CC(C)[C@H](N)C(=O)N(Cc1ccc2c(c1)OCCO2)C(C)C. The zero-order valence-corrected chi connectivity index (χ0v) is 13.8. The van der Waals surface area contributed by atoms with Gasteiger partial charge in [0.1, 0.15) is 13.2 Å². The maximum absolute atomic E-state index is 12.6. The number of carbonyl (C=O) groups excluding carboxylic acids is 1. The van der Waals surface area contributed by atoms with Gasteiger partial charge in [-0.15, -0.1) is 0 Å². The van der Waals surface area contributed by atoms with Crippen molar-refractivity contribution in [3.8, 4) is 11.5 Å². The van der Waals surface area contributed by atoms with Gasteiger partial charge in [-0.1, -0.05) is 19.9 Å². The van der Waals surface area contributed by atoms with Crippen molar-refractivity contribution in [2.24, 2.45) is 11.7 Å². The highest BCUT2D eigenvalue weighted by Crippen LogP contribution is 2.31. The summed E-state index contributed by atoms with van der Waals surface area (Å²) in [5.74, 6) is 1.61. The summed E-state index contributed by atoms with van der Waals surface area (Å²) in [5, 5.41) is 0. The first-order valence-electron chi connectivity index (χ1n) is 7.84. The van der Waals surface area contributed by atoms with Crippen LogP contribution in [0.1, 0.15) is 33.3 Å². The molecule has 122 valence electrons. The zero-order valence-electron chi connectivity index (χ0n) is 13.8. The largest absolute Gasteiger partial charge is 0.486 e. The molecule has 1 aliphatic heterocycles. The lowest BCUT2D eigenvalue weighted by molar-refractivity contribution is -0.136. The standard InChI is InChI=1S/C17H26N2O3/c1-11(2)16(18)17(20)19(12(3)4)10-13-5-6-14-15(9-13)22-8-7-21-14/h5-6,9,11-12,16H,7-8,10,18H2,1-4H3/t16-/m0/s1. The molecule has 2 rings (SSSR count). The van der Waals surface area contributed by atoms with Crippen LogP contribution < -0.4 is 15.2 Å². The minimum Gasteiger partial charge on any atom is -0.486 e. The first kappa shape index (κ1) is 16.6. The second-order valence-electron chi connectivity index (χ2n) is 6.31. The molecule has 1 atom stereocenters. The van der Waals surface area contributed by atoms with E-state index in [0.29, 0.717) is 19.8 Å². The second kappa shape index (κ2) is 7.01. The molecule has 1 amide bonds. The van der Waals surface area contributed by atoms with E-state index in [0.717, 1.165) is 17.1 Å². The number of ether oxygens (including phenoxy) is 2. The van der Waals surface area contributed by atoms with Crippen LogP contribution in [-0.4, -0.2) is 36.1 Å². The van der Waals surface area contributed by atoms with Gasteiger partial charge >= 0.3 is 0 Å². The Labute approximate surface area is 132 Å². The Kier molecular flexibility index (Phi) is 5.29. The van der Waals surface area contributed by atoms with Crippen molar-refractivity contribution in [2.45, 2.75) is 46.3 Å². The summed E-state index contributed by atoms with van der Waals surface area (Å²) in [4.78, 5) is 14.4. The number of hydrogen-bond acceptors (Lipinski definition) is 4. The van der Waals surface area contributed by atoms with Gasteiger partial charge in [-0.2, -0.15) is 0 Å². The van der Waals surface area contributed by atoms with Crippen molar-refractivity contribution in [1.29, 1.82) is 0 Å². The summed E-state index contributed by atoms with van der Waals surface area (Å²) in [6, 6.07) is 5.43. The molecule has 1 aromatic carbocycles. The smallest absolute Gasteiger partial charge is 0.240 e. The van der Waals surface area contributed by atoms with Crippen molar-refractivity contribution >= 4 is 5.91 Å². The molecule has 0 aliphatic carbocycles. The van der Waals surface area contributed by atoms with E-state index in [1.54, 1.807) is 0 Å². The van der Waals surface area contributed by atoms with Gasteiger partial charge in [0.25, 0.3) is 0 Å². The average molecular weight is 306 g/mol. The van der Waals surface area contributed by atoms with Crippen molar-refractivity contribution < 1.29 is 14.3 Å². The second-order valence-corrected chi connectivity index (χ2v) is 6.31. The van der Waals surface area contributed by atoms with Crippen LogP contribution in [0.25, 0.3) is 0 Å². The van der Waals surface area contributed by atoms with Gasteiger partial charge in [-0.05, 0) is 37.5 Å². The molecule has 5 heteroatoms. The van der Waals surface area contributed by atoms with Crippen LogP contribution in [0, 0.1) is 5.92 Å². The third kappa shape index (κ3) is 3.71. The number of carbonyl (C=O) groups is 1. The summed E-state index contributed by atoms with van der Waals surface area (Å²) in [7, 11) is 0. The molecular formula is C17H26N2O3. The molecule has 0 radical (unpaired) electrons. The Balaban J connectivity index is 2.16. The molecule has 0 bridgehead atoms. The average Bonchev–Trinajstić information content (AvgIpc) is 2.50. The number of nitrogens with two attached hydrogens (primary N) is 1. The number of nitrogens with zero attached hydrogens (tertiary/aromatic N) is 1. The lowest BCUT2D eigenvalue weighted by atomic mass is 10.0. The Morgan fingerprint density at radius 3 is 2.41 bits per heavy atom. The molecule has 5 nitrogen and oxygen atoms in total. The Morgan fingerprint density at radius 2 is 1.82 bits per heavy atom. The molecule has 0 spiro atoms.